The first kappa shape index (κ1) is 11.9. The highest BCUT2D eigenvalue weighted by molar-refractivity contribution is 5.72. The monoisotopic (exact) mass is 212 g/mol. The summed E-state index contributed by atoms with van der Waals surface area (Å²) in [6, 6.07) is 0. The molecule has 0 aromatic heterocycles. The van der Waals surface area contributed by atoms with Gasteiger partial charge in [0.25, 0.3) is 0 Å². The van der Waals surface area contributed by atoms with Gasteiger partial charge < -0.3 is 9.64 Å². The number of allylic oxidation sites excluding steroid dienone is 2. The van der Waals surface area contributed by atoms with Crippen LogP contribution < -0.4 is 0 Å². The largest absolute Gasteiger partial charge is 0.487 e. The molecule has 0 radical (unpaired) electrons. The maximum atomic E-state index is 13.3. The van der Waals surface area contributed by atoms with Gasteiger partial charge in [-0.1, -0.05) is 6.58 Å². The smallest absolute Gasteiger partial charge is 0.165 e. The molecule has 1 unspecified atom stereocenters. The molecule has 1 aliphatic heterocycles. The number of nitrogens with zero attached hydrogens (tertiary/aromatic N) is 2. The van der Waals surface area contributed by atoms with E-state index in [4.69, 9.17) is 4.74 Å². The Balaban J connectivity index is 2.41. The summed E-state index contributed by atoms with van der Waals surface area (Å²) < 4.78 is 18.7. The Bertz CT molecular complexity index is 286. The molecule has 1 heterocycles. The van der Waals surface area contributed by atoms with Gasteiger partial charge in [0.05, 0.1) is 0 Å². The van der Waals surface area contributed by atoms with Crippen molar-refractivity contribution in [3.05, 3.63) is 24.2 Å². The highest BCUT2D eigenvalue weighted by Gasteiger charge is 2.21. The third-order valence-electron chi connectivity index (χ3n) is 2.29. The fourth-order valence-electron chi connectivity index (χ4n) is 1.48. The van der Waals surface area contributed by atoms with Gasteiger partial charge >= 0.3 is 0 Å². The Morgan fingerprint density at radius 3 is 2.93 bits per heavy atom. The van der Waals surface area contributed by atoms with Gasteiger partial charge in [0, 0.05) is 26.4 Å². The molecule has 1 rings (SSSR count). The van der Waals surface area contributed by atoms with Crippen LogP contribution in [0.4, 0.5) is 4.39 Å². The lowest BCUT2D eigenvalue weighted by atomic mass is 10.3. The van der Waals surface area contributed by atoms with Crippen LogP contribution in [0, 0.1) is 0 Å². The lowest BCUT2D eigenvalue weighted by Gasteiger charge is -2.14. The van der Waals surface area contributed by atoms with E-state index < -0.39 is 5.83 Å². The van der Waals surface area contributed by atoms with Crippen LogP contribution in [-0.4, -0.2) is 44.4 Å². The molecule has 84 valence electrons. The molecule has 0 aromatic rings. The van der Waals surface area contributed by atoms with Crippen molar-refractivity contribution in [3.8, 4) is 0 Å². The molecule has 1 saturated heterocycles. The minimum Gasteiger partial charge on any atom is -0.487 e. The number of hydrogen-bond donors (Lipinski definition) is 0. The molecular formula is C11H17FN2O. The van der Waals surface area contributed by atoms with E-state index in [0.29, 0.717) is 0 Å². The second kappa shape index (κ2) is 5.66. The lowest BCUT2D eigenvalue weighted by molar-refractivity contribution is 0.124. The van der Waals surface area contributed by atoms with Gasteiger partial charge in [-0.2, -0.15) is 0 Å². The molecule has 1 aliphatic rings. The van der Waals surface area contributed by atoms with Crippen LogP contribution in [0.15, 0.2) is 29.2 Å². The van der Waals surface area contributed by atoms with Crippen molar-refractivity contribution < 1.29 is 9.13 Å². The van der Waals surface area contributed by atoms with Gasteiger partial charge in [0.1, 0.15) is 11.9 Å². The standard InChI is InChI=1S/C11H17FN2O/c1-9(11(12)4-6-13-2)15-10-5-7-14(3)8-10/h4,6,10H,1,5,7-8H2,2-3H3/b11-4+,13-6?. The van der Waals surface area contributed by atoms with E-state index in [0.717, 1.165) is 19.5 Å². The molecule has 0 bridgehead atoms. The van der Waals surface area contributed by atoms with E-state index in [9.17, 15) is 4.39 Å². The Morgan fingerprint density at radius 2 is 2.40 bits per heavy atom. The fourth-order valence-corrected chi connectivity index (χ4v) is 1.48. The van der Waals surface area contributed by atoms with Crippen LogP contribution in [0.3, 0.4) is 0 Å². The molecule has 1 atom stereocenters. The van der Waals surface area contributed by atoms with Gasteiger partial charge in [-0.25, -0.2) is 4.39 Å². The Morgan fingerprint density at radius 1 is 1.67 bits per heavy atom. The van der Waals surface area contributed by atoms with Gasteiger partial charge in [0.2, 0.25) is 0 Å². The first-order valence-corrected chi connectivity index (χ1v) is 4.96. The van der Waals surface area contributed by atoms with Crippen molar-refractivity contribution in [1.29, 1.82) is 0 Å². The van der Waals surface area contributed by atoms with Crippen molar-refractivity contribution in [2.75, 3.05) is 27.2 Å². The van der Waals surface area contributed by atoms with Gasteiger partial charge in [-0.3, -0.25) is 4.99 Å². The van der Waals surface area contributed by atoms with Crippen molar-refractivity contribution in [3.63, 3.8) is 0 Å². The molecule has 0 spiro atoms. The van der Waals surface area contributed by atoms with Gasteiger partial charge in [-0.15, -0.1) is 0 Å². The zero-order valence-electron chi connectivity index (χ0n) is 9.24. The first-order chi connectivity index (χ1) is 7.13. The summed E-state index contributed by atoms with van der Waals surface area (Å²) in [4.78, 5) is 5.80. The molecule has 0 aliphatic carbocycles. The predicted octanol–water partition coefficient (Wildman–Crippen LogP) is 1.77. The van der Waals surface area contributed by atoms with Crippen molar-refractivity contribution in [2.24, 2.45) is 4.99 Å². The van der Waals surface area contributed by atoms with Crippen LogP contribution in [0.5, 0.6) is 0 Å². The summed E-state index contributed by atoms with van der Waals surface area (Å²) in [5.74, 6) is -0.370. The lowest BCUT2D eigenvalue weighted by Crippen LogP contribution is -2.18. The molecule has 15 heavy (non-hydrogen) atoms. The fraction of sp³-hybridized carbons (Fsp3) is 0.545. The zero-order chi connectivity index (χ0) is 11.3. The van der Waals surface area contributed by atoms with E-state index in [2.05, 4.69) is 16.5 Å². The highest BCUT2D eigenvalue weighted by Crippen LogP contribution is 2.18. The quantitative estimate of drug-likeness (QED) is 0.403. The van der Waals surface area contributed by atoms with Crippen LogP contribution in [0.25, 0.3) is 0 Å². The average molecular weight is 212 g/mol. The summed E-state index contributed by atoms with van der Waals surface area (Å²) in [7, 11) is 3.60. The SMILES string of the molecule is C=C(OC1CCN(C)C1)/C(F)=C\C=NC. The second-order valence-electron chi connectivity index (χ2n) is 3.64. The van der Waals surface area contributed by atoms with E-state index in [1.165, 1.54) is 12.3 Å². The molecule has 0 saturated carbocycles. The molecule has 0 amide bonds. The van der Waals surface area contributed by atoms with Crippen LogP contribution in [0.1, 0.15) is 6.42 Å². The van der Waals surface area contributed by atoms with E-state index in [1.807, 2.05) is 7.05 Å². The predicted molar refractivity (Wildman–Crippen MR) is 59.7 cm³/mol. The number of likely N-dealkylation sites (tertiary alicyclic amines) is 1. The number of rotatable bonds is 4. The van der Waals surface area contributed by atoms with E-state index in [1.54, 1.807) is 7.05 Å². The van der Waals surface area contributed by atoms with E-state index >= 15 is 0 Å². The summed E-state index contributed by atoms with van der Waals surface area (Å²) in [5, 5.41) is 0. The molecular weight excluding hydrogens is 195 g/mol. The van der Waals surface area contributed by atoms with Crippen LogP contribution >= 0.6 is 0 Å². The third kappa shape index (κ3) is 3.83. The molecule has 0 aromatic carbocycles. The third-order valence-corrected chi connectivity index (χ3v) is 2.29. The van der Waals surface area contributed by atoms with Crippen molar-refractivity contribution in [1.82, 2.24) is 4.90 Å². The number of aliphatic imine (C=N–C) groups is 1. The molecule has 0 N–H and O–H groups in total. The average Bonchev–Trinajstić information content (AvgIpc) is 2.60. The van der Waals surface area contributed by atoms with Crippen LogP contribution in [-0.2, 0) is 4.74 Å². The van der Waals surface area contributed by atoms with Crippen molar-refractivity contribution >= 4 is 6.21 Å². The van der Waals surface area contributed by atoms with Crippen molar-refractivity contribution in [2.45, 2.75) is 12.5 Å². The van der Waals surface area contributed by atoms with Gasteiger partial charge in [0.15, 0.2) is 5.83 Å². The maximum Gasteiger partial charge on any atom is 0.165 e. The van der Waals surface area contributed by atoms with Gasteiger partial charge in [-0.05, 0) is 19.5 Å². The topological polar surface area (TPSA) is 24.8 Å². The number of hydrogen-bond acceptors (Lipinski definition) is 3. The van der Waals surface area contributed by atoms with E-state index in [-0.39, 0.29) is 11.9 Å². The maximum absolute atomic E-state index is 13.3. The highest BCUT2D eigenvalue weighted by atomic mass is 19.1. The molecule has 3 nitrogen and oxygen atoms in total. The molecule has 4 heteroatoms. The summed E-state index contributed by atoms with van der Waals surface area (Å²) in [5.41, 5.74) is 0. The zero-order valence-corrected chi connectivity index (χ0v) is 9.24. The summed E-state index contributed by atoms with van der Waals surface area (Å²) in [6.07, 6.45) is 3.61. The Hall–Kier alpha value is -1.16. The first-order valence-electron chi connectivity index (χ1n) is 4.96. The normalized spacial score (nSPS) is 23.7. The molecule has 1 fully saturated rings. The van der Waals surface area contributed by atoms with Crippen LogP contribution in [0.2, 0.25) is 0 Å². The number of ether oxygens (including phenoxy) is 1. The minimum atomic E-state index is -0.463. The number of halogens is 1. The Kier molecular flexibility index (Phi) is 4.49. The summed E-state index contributed by atoms with van der Waals surface area (Å²) in [6.45, 7) is 5.36. The summed E-state index contributed by atoms with van der Waals surface area (Å²) >= 11 is 0. The Labute approximate surface area is 89.9 Å². The second-order valence-corrected chi connectivity index (χ2v) is 3.64. The number of likely N-dealkylation sites (N-methyl/N-ethyl adjacent to an activating group) is 1. The minimum absolute atomic E-state index is 0.0558.